The fourth-order valence-corrected chi connectivity index (χ4v) is 2.80. The number of esters is 1. The molecule has 1 N–H and O–H groups in total. The zero-order valence-electron chi connectivity index (χ0n) is 10.9. The Balaban J connectivity index is 2.27. The van der Waals surface area contributed by atoms with Crippen LogP contribution in [0.4, 0.5) is 0 Å². The van der Waals surface area contributed by atoms with Crippen molar-refractivity contribution >= 4 is 23.3 Å². The first kappa shape index (κ1) is 14.3. The van der Waals surface area contributed by atoms with Gasteiger partial charge in [-0.1, -0.05) is 37.3 Å². The van der Waals surface area contributed by atoms with Crippen molar-refractivity contribution < 1.29 is 19.4 Å². The fraction of sp³-hybridized carbons (Fsp3) is 0.200. The van der Waals surface area contributed by atoms with E-state index in [4.69, 9.17) is 4.74 Å². The van der Waals surface area contributed by atoms with Gasteiger partial charge in [-0.3, -0.25) is 9.59 Å². The van der Waals surface area contributed by atoms with E-state index in [-0.39, 0.29) is 12.4 Å². The minimum atomic E-state index is -0.925. The molecular formula is C15H14O4S. The zero-order valence-corrected chi connectivity index (χ0v) is 11.7. The minimum absolute atomic E-state index is 0.286. The molecule has 1 atom stereocenters. The van der Waals surface area contributed by atoms with Crippen molar-refractivity contribution in [2.24, 2.45) is 0 Å². The molecular weight excluding hydrogens is 276 g/mol. The van der Waals surface area contributed by atoms with Crippen LogP contribution < -0.4 is 4.74 Å². The van der Waals surface area contributed by atoms with Gasteiger partial charge in [0.2, 0.25) is 0 Å². The fourth-order valence-electron chi connectivity index (χ4n) is 1.80. The highest BCUT2D eigenvalue weighted by Gasteiger charge is 2.24. The summed E-state index contributed by atoms with van der Waals surface area (Å²) in [6.07, 6.45) is 0.286. The van der Waals surface area contributed by atoms with Gasteiger partial charge >= 0.3 is 11.9 Å². The first-order chi connectivity index (χ1) is 9.61. The van der Waals surface area contributed by atoms with E-state index in [9.17, 15) is 14.7 Å². The monoisotopic (exact) mass is 290 g/mol. The van der Waals surface area contributed by atoms with Crippen LogP contribution in [0, 0.1) is 0 Å². The molecule has 0 saturated heterocycles. The smallest absolute Gasteiger partial charge is 0.316 e. The number of benzene rings is 1. The molecule has 1 aromatic carbocycles. The molecule has 0 spiro atoms. The van der Waals surface area contributed by atoms with E-state index in [2.05, 4.69) is 0 Å². The first-order valence-electron chi connectivity index (χ1n) is 6.20. The molecule has 5 heteroatoms. The third-order valence-electron chi connectivity index (χ3n) is 2.77. The summed E-state index contributed by atoms with van der Waals surface area (Å²) < 4.78 is 5.10. The molecule has 0 fully saturated rings. The normalized spacial score (nSPS) is 11.8. The van der Waals surface area contributed by atoms with Crippen molar-refractivity contribution in [2.45, 2.75) is 19.3 Å². The number of hydrogen-bond acceptors (Lipinski definition) is 4. The molecule has 2 rings (SSSR count). The lowest BCUT2D eigenvalue weighted by Gasteiger charge is -2.10. The number of rotatable bonds is 5. The van der Waals surface area contributed by atoms with Gasteiger partial charge in [-0.05, 0) is 17.7 Å². The number of carboxylic acid groups (broad SMARTS) is 1. The highest BCUT2D eigenvalue weighted by Crippen LogP contribution is 2.34. The Morgan fingerprint density at radius 1 is 1.20 bits per heavy atom. The zero-order chi connectivity index (χ0) is 14.5. The van der Waals surface area contributed by atoms with E-state index in [1.807, 2.05) is 6.07 Å². The van der Waals surface area contributed by atoms with Gasteiger partial charge in [0, 0.05) is 11.3 Å². The summed E-state index contributed by atoms with van der Waals surface area (Å²) in [5, 5.41) is 9.84. The van der Waals surface area contributed by atoms with Crippen LogP contribution in [-0.4, -0.2) is 17.0 Å². The summed E-state index contributed by atoms with van der Waals surface area (Å²) >= 11 is 1.18. The van der Waals surface area contributed by atoms with Crippen LogP contribution in [0.1, 0.15) is 29.7 Å². The SMILES string of the molecule is CCC(=O)Oc1ccc(C(C(=O)O)c2ccccc2)s1. The molecule has 4 nitrogen and oxygen atoms in total. The molecule has 0 aliphatic carbocycles. The number of ether oxygens (including phenoxy) is 1. The van der Waals surface area contributed by atoms with E-state index < -0.39 is 11.9 Å². The van der Waals surface area contributed by atoms with Gasteiger partial charge in [0.25, 0.3) is 0 Å². The van der Waals surface area contributed by atoms with Crippen molar-refractivity contribution in [3.8, 4) is 5.06 Å². The molecule has 20 heavy (non-hydrogen) atoms. The third kappa shape index (κ3) is 3.24. The van der Waals surface area contributed by atoms with Crippen LogP contribution in [0.5, 0.6) is 5.06 Å². The number of carbonyl (C=O) groups is 2. The number of carboxylic acids is 1. The Hall–Kier alpha value is -2.14. The molecule has 104 valence electrons. The highest BCUT2D eigenvalue weighted by molar-refractivity contribution is 7.14. The average molecular weight is 290 g/mol. The largest absolute Gasteiger partial charge is 0.481 e. The molecule has 0 bridgehead atoms. The minimum Gasteiger partial charge on any atom is -0.481 e. The number of aliphatic carboxylic acids is 1. The predicted molar refractivity (Wildman–Crippen MR) is 76.2 cm³/mol. The van der Waals surface area contributed by atoms with Crippen molar-refractivity contribution in [3.05, 3.63) is 52.9 Å². The van der Waals surface area contributed by atoms with Gasteiger partial charge in [0.05, 0.1) is 0 Å². The van der Waals surface area contributed by atoms with Gasteiger partial charge in [0.1, 0.15) is 5.92 Å². The predicted octanol–water partition coefficient (Wildman–Crippen LogP) is 3.28. The summed E-state index contributed by atoms with van der Waals surface area (Å²) in [6, 6.07) is 12.3. The Morgan fingerprint density at radius 2 is 1.90 bits per heavy atom. The second kappa shape index (κ2) is 6.34. The maximum Gasteiger partial charge on any atom is 0.316 e. The van der Waals surface area contributed by atoms with Crippen LogP contribution >= 0.6 is 11.3 Å². The molecule has 1 aromatic heterocycles. The molecule has 2 aromatic rings. The van der Waals surface area contributed by atoms with E-state index in [0.717, 1.165) is 0 Å². The summed E-state index contributed by atoms with van der Waals surface area (Å²) in [5.41, 5.74) is 0.704. The Labute approximate surface area is 120 Å². The second-order valence-electron chi connectivity index (χ2n) is 4.17. The molecule has 0 amide bonds. The van der Waals surface area contributed by atoms with E-state index in [1.165, 1.54) is 11.3 Å². The standard InChI is InChI=1S/C15H14O4S/c1-2-12(16)19-13-9-8-11(20-13)14(15(17)18)10-6-4-3-5-7-10/h3-9,14H,2H2,1H3,(H,17,18). The Kier molecular flexibility index (Phi) is 4.53. The third-order valence-corrected chi connectivity index (χ3v) is 3.80. The lowest BCUT2D eigenvalue weighted by Crippen LogP contribution is -2.11. The second-order valence-corrected chi connectivity index (χ2v) is 5.24. The average Bonchev–Trinajstić information content (AvgIpc) is 2.87. The Morgan fingerprint density at radius 3 is 2.50 bits per heavy atom. The lowest BCUT2D eigenvalue weighted by atomic mass is 9.98. The van der Waals surface area contributed by atoms with Crippen LogP contribution in [-0.2, 0) is 9.59 Å². The molecule has 0 radical (unpaired) electrons. The van der Waals surface area contributed by atoms with E-state index >= 15 is 0 Å². The maximum absolute atomic E-state index is 11.5. The van der Waals surface area contributed by atoms with Crippen LogP contribution in [0.3, 0.4) is 0 Å². The van der Waals surface area contributed by atoms with E-state index in [0.29, 0.717) is 15.5 Å². The summed E-state index contributed by atoms with van der Waals surface area (Å²) in [6.45, 7) is 1.71. The van der Waals surface area contributed by atoms with Gasteiger partial charge in [-0.15, -0.1) is 11.3 Å². The molecule has 0 saturated carbocycles. The van der Waals surface area contributed by atoms with Crippen LogP contribution in [0.25, 0.3) is 0 Å². The maximum atomic E-state index is 11.5. The van der Waals surface area contributed by atoms with E-state index in [1.54, 1.807) is 43.3 Å². The van der Waals surface area contributed by atoms with Crippen molar-refractivity contribution in [1.29, 1.82) is 0 Å². The number of thiophene rings is 1. The highest BCUT2D eigenvalue weighted by atomic mass is 32.1. The molecule has 0 aliphatic rings. The van der Waals surface area contributed by atoms with Gasteiger partial charge in [0.15, 0.2) is 5.06 Å². The van der Waals surface area contributed by atoms with Gasteiger partial charge < -0.3 is 9.84 Å². The summed E-state index contributed by atoms with van der Waals surface area (Å²) in [7, 11) is 0. The van der Waals surface area contributed by atoms with Crippen LogP contribution in [0.15, 0.2) is 42.5 Å². The summed E-state index contributed by atoms with van der Waals surface area (Å²) in [5.74, 6) is -1.99. The first-order valence-corrected chi connectivity index (χ1v) is 7.01. The number of hydrogen-bond donors (Lipinski definition) is 1. The molecule has 0 aliphatic heterocycles. The van der Waals surface area contributed by atoms with Crippen molar-refractivity contribution in [1.82, 2.24) is 0 Å². The summed E-state index contributed by atoms with van der Waals surface area (Å²) in [4.78, 5) is 23.4. The lowest BCUT2D eigenvalue weighted by molar-refractivity contribution is -0.137. The van der Waals surface area contributed by atoms with Gasteiger partial charge in [-0.2, -0.15) is 0 Å². The van der Waals surface area contributed by atoms with Crippen molar-refractivity contribution in [3.63, 3.8) is 0 Å². The van der Waals surface area contributed by atoms with Gasteiger partial charge in [-0.25, -0.2) is 0 Å². The molecule has 1 heterocycles. The van der Waals surface area contributed by atoms with Crippen LogP contribution in [0.2, 0.25) is 0 Å². The quantitative estimate of drug-likeness (QED) is 0.858. The topological polar surface area (TPSA) is 63.6 Å². The molecule has 1 unspecified atom stereocenters. The number of carbonyl (C=O) groups excluding carboxylic acids is 1. The Bertz CT molecular complexity index is 603. The van der Waals surface area contributed by atoms with Crippen molar-refractivity contribution in [2.75, 3.05) is 0 Å².